The van der Waals surface area contributed by atoms with E-state index in [-0.39, 0.29) is 0 Å². The number of carbonyl (C=O) groups excluding carboxylic acids is 1. The standard InChI is InChI=1S/C22H28ClN3O3S/c1-16-7-10-20(15-21(16)23)26(30(3,28)29)17(2)22(27)24-18-8-11-19(12-9-18)25-13-5-4-6-14-25/h7-12,15,17H,4-6,13-14H2,1-3H3,(H,24,27)/t17-/m1/s1. The zero-order valence-corrected chi connectivity index (χ0v) is 19.1. The number of halogens is 1. The first kappa shape index (κ1) is 22.4. The highest BCUT2D eigenvalue weighted by atomic mass is 35.5. The predicted octanol–water partition coefficient (Wildman–Crippen LogP) is 4.43. The van der Waals surface area contributed by atoms with Crippen LogP contribution in [-0.4, -0.2) is 39.7 Å². The summed E-state index contributed by atoms with van der Waals surface area (Å²) < 4.78 is 26.0. The number of hydrogen-bond donors (Lipinski definition) is 1. The maximum atomic E-state index is 12.9. The van der Waals surface area contributed by atoms with Gasteiger partial charge in [0.05, 0.1) is 11.9 Å². The number of nitrogens with one attached hydrogen (secondary N) is 1. The molecule has 1 atom stereocenters. The second-order valence-electron chi connectivity index (χ2n) is 7.75. The van der Waals surface area contributed by atoms with Gasteiger partial charge in [-0.25, -0.2) is 8.42 Å². The fraction of sp³-hybridized carbons (Fsp3) is 0.409. The number of benzene rings is 2. The van der Waals surface area contributed by atoms with E-state index in [1.54, 1.807) is 25.1 Å². The zero-order chi connectivity index (χ0) is 21.9. The first-order valence-electron chi connectivity index (χ1n) is 10.1. The van der Waals surface area contributed by atoms with E-state index in [0.717, 1.165) is 34.9 Å². The van der Waals surface area contributed by atoms with Gasteiger partial charge in [-0.3, -0.25) is 9.10 Å². The second kappa shape index (κ2) is 9.27. The molecule has 0 bridgehead atoms. The van der Waals surface area contributed by atoms with Crippen LogP contribution in [0.3, 0.4) is 0 Å². The van der Waals surface area contributed by atoms with Gasteiger partial charge in [-0.15, -0.1) is 0 Å². The molecule has 1 aliphatic rings. The first-order valence-corrected chi connectivity index (χ1v) is 12.3. The minimum absolute atomic E-state index is 0.358. The monoisotopic (exact) mass is 449 g/mol. The Morgan fingerprint density at radius 3 is 2.30 bits per heavy atom. The van der Waals surface area contributed by atoms with Gasteiger partial charge in [-0.05, 0) is 75.1 Å². The van der Waals surface area contributed by atoms with Crippen molar-refractivity contribution in [1.82, 2.24) is 0 Å². The van der Waals surface area contributed by atoms with Gasteiger partial charge in [0.2, 0.25) is 15.9 Å². The first-order chi connectivity index (χ1) is 14.2. The quantitative estimate of drug-likeness (QED) is 0.708. The summed E-state index contributed by atoms with van der Waals surface area (Å²) in [5.74, 6) is -0.414. The van der Waals surface area contributed by atoms with E-state index in [4.69, 9.17) is 11.6 Å². The van der Waals surface area contributed by atoms with E-state index in [2.05, 4.69) is 10.2 Å². The molecule has 6 nitrogen and oxygen atoms in total. The van der Waals surface area contributed by atoms with Crippen molar-refractivity contribution in [2.24, 2.45) is 0 Å². The molecular formula is C22H28ClN3O3S. The van der Waals surface area contributed by atoms with E-state index >= 15 is 0 Å². The van der Waals surface area contributed by atoms with E-state index < -0.39 is 22.0 Å². The lowest BCUT2D eigenvalue weighted by molar-refractivity contribution is -0.116. The van der Waals surface area contributed by atoms with Crippen LogP contribution in [-0.2, 0) is 14.8 Å². The summed E-state index contributed by atoms with van der Waals surface area (Å²) in [4.78, 5) is 15.2. The molecule has 8 heteroatoms. The summed E-state index contributed by atoms with van der Waals surface area (Å²) in [5, 5.41) is 3.27. The topological polar surface area (TPSA) is 69.7 Å². The maximum absolute atomic E-state index is 12.9. The second-order valence-corrected chi connectivity index (χ2v) is 10.0. The molecule has 1 N–H and O–H groups in total. The fourth-order valence-corrected chi connectivity index (χ4v) is 5.02. The molecule has 2 aromatic rings. The number of aryl methyl sites for hydroxylation is 1. The average molecular weight is 450 g/mol. The lowest BCUT2D eigenvalue weighted by atomic mass is 10.1. The van der Waals surface area contributed by atoms with Crippen LogP contribution in [0.4, 0.5) is 17.1 Å². The van der Waals surface area contributed by atoms with Gasteiger partial charge in [-0.2, -0.15) is 0 Å². The Morgan fingerprint density at radius 2 is 1.73 bits per heavy atom. The van der Waals surface area contributed by atoms with Crippen molar-refractivity contribution in [2.45, 2.75) is 39.2 Å². The third-order valence-corrected chi connectivity index (χ3v) is 7.00. The van der Waals surface area contributed by atoms with Crippen molar-refractivity contribution in [1.29, 1.82) is 0 Å². The smallest absolute Gasteiger partial charge is 0.247 e. The number of nitrogens with zero attached hydrogens (tertiary/aromatic N) is 2. The van der Waals surface area contributed by atoms with Crippen molar-refractivity contribution >= 4 is 44.6 Å². The summed E-state index contributed by atoms with van der Waals surface area (Å²) in [6.07, 6.45) is 4.74. The number of piperidine rings is 1. The molecule has 0 spiro atoms. The van der Waals surface area contributed by atoms with Crippen LogP contribution in [0.5, 0.6) is 0 Å². The van der Waals surface area contributed by atoms with Crippen LogP contribution < -0.4 is 14.5 Å². The molecule has 162 valence electrons. The molecule has 1 amide bonds. The SMILES string of the molecule is Cc1ccc(N([C@H](C)C(=O)Nc2ccc(N3CCCCC3)cc2)S(C)(=O)=O)cc1Cl. The van der Waals surface area contributed by atoms with Gasteiger partial charge in [0.15, 0.2) is 0 Å². The molecule has 0 unspecified atom stereocenters. The van der Waals surface area contributed by atoms with Crippen LogP contribution >= 0.6 is 11.6 Å². The number of carbonyl (C=O) groups is 1. The van der Waals surface area contributed by atoms with E-state index in [1.807, 2.05) is 31.2 Å². The average Bonchev–Trinajstić information content (AvgIpc) is 2.71. The normalized spacial score (nSPS) is 15.5. The molecule has 0 radical (unpaired) electrons. The Balaban J connectivity index is 1.76. The van der Waals surface area contributed by atoms with Gasteiger partial charge in [0.25, 0.3) is 0 Å². The van der Waals surface area contributed by atoms with Gasteiger partial charge >= 0.3 is 0 Å². The maximum Gasteiger partial charge on any atom is 0.247 e. The summed E-state index contributed by atoms with van der Waals surface area (Å²) in [5.41, 5.74) is 2.95. The van der Waals surface area contributed by atoms with Crippen molar-refractivity contribution in [3.8, 4) is 0 Å². The summed E-state index contributed by atoms with van der Waals surface area (Å²) in [7, 11) is -3.70. The number of hydrogen-bond acceptors (Lipinski definition) is 4. The third kappa shape index (κ3) is 5.26. The molecule has 1 aliphatic heterocycles. The number of anilines is 3. The third-order valence-electron chi connectivity index (χ3n) is 5.35. The van der Waals surface area contributed by atoms with Gasteiger partial charge in [-0.1, -0.05) is 17.7 Å². The van der Waals surface area contributed by atoms with Crippen LogP contribution in [0.15, 0.2) is 42.5 Å². The number of rotatable bonds is 6. The lowest BCUT2D eigenvalue weighted by Gasteiger charge is -2.29. The van der Waals surface area contributed by atoms with Crippen molar-refractivity contribution in [2.75, 3.05) is 33.9 Å². The van der Waals surface area contributed by atoms with E-state index in [9.17, 15) is 13.2 Å². The van der Waals surface area contributed by atoms with Crippen LogP contribution in [0, 0.1) is 6.92 Å². The summed E-state index contributed by atoms with van der Waals surface area (Å²) in [6, 6.07) is 11.7. The minimum Gasteiger partial charge on any atom is -0.372 e. The van der Waals surface area contributed by atoms with E-state index in [1.165, 1.54) is 19.3 Å². The number of amides is 1. The molecule has 1 heterocycles. The predicted molar refractivity (Wildman–Crippen MR) is 124 cm³/mol. The largest absolute Gasteiger partial charge is 0.372 e. The highest BCUT2D eigenvalue weighted by molar-refractivity contribution is 7.92. The molecule has 2 aromatic carbocycles. The highest BCUT2D eigenvalue weighted by Crippen LogP contribution is 2.27. The molecule has 3 rings (SSSR count). The molecule has 1 saturated heterocycles. The zero-order valence-electron chi connectivity index (χ0n) is 17.6. The Kier molecular flexibility index (Phi) is 6.93. The van der Waals surface area contributed by atoms with Crippen LogP contribution in [0.25, 0.3) is 0 Å². The lowest BCUT2D eigenvalue weighted by Crippen LogP contribution is -2.45. The van der Waals surface area contributed by atoms with Crippen LogP contribution in [0.2, 0.25) is 5.02 Å². The van der Waals surface area contributed by atoms with Crippen molar-refractivity contribution in [3.05, 3.63) is 53.1 Å². The Labute approximate surface area is 183 Å². The Hall–Kier alpha value is -2.25. The fourth-order valence-electron chi connectivity index (χ4n) is 3.68. The summed E-state index contributed by atoms with van der Waals surface area (Å²) in [6.45, 7) is 5.49. The Morgan fingerprint density at radius 1 is 1.10 bits per heavy atom. The van der Waals surface area contributed by atoms with E-state index in [0.29, 0.717) is 16.4 Å². The number of sulfonamides is 1. The summed E-state index contributed by atoms with van der Waals surface area (Å²) >= 11 is 6.17. The van der Waals surface area contributed by atoms with Gasteiger partial charge < -0.3 is 10.2 Å². The van der Waals surface area contributed by atoms with Gasteiger partial charge in [0.1, 0.15) is 6.04 Å². The van der Waals surface area contributed by atoms with Gasteiger partial charge in [0, 0.05) is 29.5 Å². The molecule has 0 aromatic heterocycles. The van der Waals surface area contributed by atoms with Crippen LogP contribution in [0.1, 0.15) is 31.7 Å². The van der Waals surface area contributed by atoms with Crippen molar-refractivity contribution in [3.63, 3.8) is 0 Å². The Bertz CT molecular complexity index is 1000. The van der Waals surface area contributed by atoms with Crippen molar-refractivity contribution < 1.29 is 13.2 Å². The highest BCUT2D eigenvalue weighted by Gasteiger charge is 2.29. The molecule has 0 aliphatic carbocycles. The molecule has 30 heavy (non-hydrogen) atoms. The molecule has 1 fully saturated rings. The minimum atomic E-state index is -3.70. The molecule has 0 saturated carbocycles. The molecular weight excluding hydrogens is 422 g/mol.